The van der Waals surface area contributed by atoms with Crippen molar-refractivity contribution >= 4 is 36.0 Å². The second kappa shape index (κ2) is 10.6. The SMILES string of the molecule is CNCC(F)(F)c1cccc([C@@H](C)Nc2nc(C)nc3cnc(P4CCN(C(C)=O)CC4)cc23)c1F. The standard InChI is InChI=1S/C25H30F3N6OP/c1-15(18-6-5-7-20(23(18)26)25(27,28)14-29-4)31-24-19-12-22(30-13-21(19)32-16(2)33-24)36-10-8-34(9-11-36)17(3)35/h5-7,12-13,15,29H,8-11,14H2,1-4H3,(H,31,32,33)/t15-/m1/s1. The van der Waals surface area contributed by atoms with E-state index in [9.17, 15) is 13.6 Å². The van der Waals surface area contributed by atoms with Crippen molar-refractivity contribution in [1.29, 1.82) is 0 Å². The highest BCUT2D eigenvalue weighted by Gasteiger charge is 2.35. The van der Waals surface area contributed by atoms with E-state index in [1.54, 1.807) is 27.0 Å². The van der Waals surface area contributed by atoms with Crippen LogP contribution < -0.4 is 16.1 Å². The summed E-state index contributed by atoms with van der Waals surface area (Å²) < 4.78 is 44.2. The van der Waals surface area contributed by atoms with Crippen molar-refractivity contribution in [1.82, 2.24) is 25.2 Å². The van der Waals surface area contributed by atoms with Gasteiger partial charge in [-0.1, -0.05) is 26.1 Å². The van der Waals surface area contributed by atoms with Gasteiger partial charge in [0.2, 0.25) is 5.91 Å². The second-order valence-corrected chi connectivity index (χ2v) is 11.4. The fourth-order valence-electron chi connectivity index (χ4n) is 4.44. The number of rotatable bonds is 7. The number of aromatic nitrogens is 3. The zero-order chi connectivity index (χ0) is 26.0. The zero-order valence-electron chi connectivity index (χ0n) is 20.8. The molecule has 1 aliphatic heterocycles. The Morgan fingerprint density at radius 3 is 2.64 bits per heavy atom. The molecule has 3 aromatic rings. The number of carbonyl (C=O) groups is 1. The third-order valence-electron chi connectivity index (χ3n) is 6.37. The number of likely N-dealkylation sites (N-methyl/N-ethyl adjacent to an activating group) is 1. The molecular formula is C25H30F3N6OP. The number of carbonyl (C=O) groups excluding carboxylic acids is 1. The van der Waals surface area contributed by atoms with Gasteiger partial charge in [0.25, 0.3) is 5.92 Å². The van der Waals surface area contributed by atoms with E-state index in [0.717, 1.165) is 29.2 Å². The van der Waals surface area contributed by atoms with Crippen molar-refractivity contribution in [2.24, 2.45) is 0 Å². The Balaban J connectivity index is 1.64. The lowest BCUT2D eigenvalue weighted by Crippen LogP contribution is -2.38. The number of hydrogen-bond donors (Lipinski definition) is 2. The molecule has 1 aliphatic rings. The van der Waals surface area contributed by atoms with Crippen LogP contribution in [0.15, 0.2) is 30.5 Å². The van der Waals surface area contributed by atoms with Crippen molar-refractivity contribution in [3.8, 4) is 0 Å². The van der Waals surface area contributed by atoms with Crippen molar-refractivity contribution < 1.29 is 18.0 Å². The first-order valence-corrected chi connectivity index (χ1v) is 13.5. The summed E-state index contributed by atoms with van der Waals surface area (Å²) in [4.78, 5) is 27.2. The third-order valence-corrected chi connectivity index (χ3v) is 8.74. The maximum absolute atomic E-state index is 15.2. The number of hydrogen-bond acceptors (Lipinski definition) is 6. The lowest BCUT2D eigenvalue weighted by Gasteiger charge is -2.31. The lowest BCUT2D eigenvalue weighted by molar-refractivity contribution is -0.128. The van der Waals surface area contributed by atoms with Crippen molar-refractivity contribution in [2.45, 2.75) is 32.7 Å². The quantitative estimate of drug-likeness (QED) is 0.462. The molecule has 0 saturated carbocycles. The van der Waals surface area contributed by atoms with Crippen LogP contribution in [0.3, 0.4) is 0 Å². The van der Waals surface area contributed by atoms with Gasteiger partial charge in [0, 0.05) is 31.0 Å². The van der Waals surface area contributed by atoms with Crippen LogP contribution in [-0.4, -0.2) is 64.8 Å². The summed E-state index contributed by atoms with van der Waals surface area (Å²) in [6, 6.07) is 5.39. The van der Waals surface area contributed by atoms with Crippen LogP contribution >= 0.6 is 7.92 Å². The number of alkyl halides is 2. The number of benzene rings is 1. The van der Waals surface area contributed by atoms with E-state index in [4.69, 9.17) is 0 Å². The monoisotopic (exact) mass is 518 g/mol. The van der Waals surface area contributed by atoms with E-state index in [2.05, 4.69) is 25.6 Å². The Morgan fingerprint density at radius 2 is 1.97 bits per heavy atom. The van der Waals surface area contributed by atoms with E-state index in [1.165, 1.54) is 19.2 Å². The molecule has 0 unspecified atom stereocenters. The molecule has 1 fully saturated rings. The highest BCUT2D eigenvalue weighted by molar-refractivity contribution is 7.65. The third kappa shape index (κ3) is 5.44. The van der Waals surface area contributed by atoms with Crippen LogP contribution in [0.2, 0.25) is 0 Å². The van der Waals surface area contributed by atoms with Crippen LogP contribution in [0.1, 0.15) is 36.8 Å². The van der Waals surface area contributed by atoms with Crippen molar-refractivity contribution in [3.63, 3.8) is 0 Å². The zero-order valence-corrected chi connectivity index (χ0v) is 21.7. The number of anilines is 1. The first-order valence-electron chi connectivity index (χ1n) is 11.8. The van der Waals surface area contributed by atoms with Gasteiger partial charge in [-0.2, -0.15) is 8.78 Å². The first-order chi connectivity index (χ1) is 17.1. The van der Waals surface area contributed by atoms with Gasteiger partial charge in [-0.05, 0) is 39.3 Å². The van der Waals surface area contributed by atoms with Crippen LogP contribution in [0.5, 0.6) is 0 Å². The molecule has 3 heterocycles. The van der Waals surface area contributed by atoms with Crippen LogP contribution in [0.4, 0.5) is 19.0 Å². The molecule has 0 aliphatic carbocycles. The van der Waals surface area contributed by atoms with Crippen molar-refractivity contribution in [2.75, 3.05) is 44.3 Å². The van der Waals surface area contributed by atoms with Gasteiger partial charge < -0.3 is 15.5 Å². The predicted molar refractivity (Wildman–Crippen MR) is 137 cm³/mol. The minimum absolute atomic E-state index is 0.0838. The minimum Gasteiger partial charge on any atom is -0.363 e. The molecule has 36 heavy (non-hydrogen) atoms. The summed E-state index contributed by atoms with van der Waals surface area (Å²) in [6.45, 7) is 5.81. The van der Waals surface area contributed by atoms with Gasteiger partial charge in [0.15, 0.2) is 0 Å². The van der Waals surface area contributed by atoms with Gasteiger partial charge in [-0.15, -0.1) is 0 Å². The normalized spacial score (nSPS) is 15.8. The molecule has 1 aromatic carbocycles. The maximum Gasteiger partial charge on any atom is 0.288 e. The second-order valence-electron chi connectivity index (χ2n) is 8.98. The average Bonchev–Trinajstić information content (AvgIpc) is 2.83. The van der Waals surface area contributed by atoms with Gasteiger partial charge in [0.05, 0.1) is 35.3 Å². The number of aryl methyl sites for hydroxylation is 1. The molecule has 0 radical (unpaired) electrons. The molecule has 0 spiro atoms. The Kier molecular flexibility index (Phi) is 7.76. The summed E-state index contributed by atoms with van der Waals surface area (Å²) >= 11 is 0. The van der Waals surface area contributed by atoms with Gasteiger partial charge in [-0.3, -0.25) is 9.78 Å². The molecule has 0 bridgehead atoms. The summed E-state index contributed by atoms with van der Waals surface area (Å²) in [5.41, 5.74) is 1.08. The summed E-state index contributed by atoms with van der Waals surface area (Å²) in [7, 11) is 0.863. The lowest BCUT2D eigenvalue weighted by atomic mass is 10.00. The molecule has 11 heteroatoms. The summed E-state index contributed by atoms with van der Waals surface area (Å²) in [5, 5.41) is 6.38. The largest absolute Gasteiger partial charge is 0.363 e. The number of halogens is 3. The van der Waals surface area contributed by atoms with E-state index in [-0.39, 0.29) is 11.5 Å². The number of nitrogens with one attached hydrogen (secondary N) is 2. The van der Waals surface area contributed by atoms with Crippen LogP contribution in [-0.2, 0) is 10.7 Å². The number of nitrogens with zero attached hydrogens (tertiary/aromatic N) is 4. The minimum atomic E-state index is -3.34. The molecule has 2 aromatic heterocycles. The van der Waals surface area contributed by atoms with Crippen LogP contribution in [0, 0.1) is 12.7 Å². The highest BCUT2D eigenvalue weighted by Crippen LogP contribution is 2.38. The summed E-state index contributed by atoms with van der Waals surface area (Å²) in [5.74, 6) is -3.18. The fourth-order valence-corrected chi connectivity index (χ4v) is 6.62. The molecule has 4 rings (SSSR count). The first kappa shape index (κ1) is 26.2. The Morgan fingerprint density at radius 1 is 1.25 bits per heavy atom. The van der Waals surface area contributed by atoms with Crippen molar-refractivity contribution in [3.05, 3.63) is 53.2 Å². The topological polar surface area (TPSA) is 83.0 Å². The van der Waals surface area contributed by atoms with Gasteiger partial charge in [0.1, 0.15) is 17.5 Å². The number of pyridine rings is 1. The molecule has 2 N–H and O–H groups in total. The van der Waals surface area contributed by atoms with Crippen LogP contribution in [0.25, 0.3) is 10.9 Å². The van der Waals surface area contributed by atoms with E-state index < -0.39 is 37.8 Å². The van der Waals surface area contributed by atoms with Gasteiger partial charge >= 0.3 is 0 Å². The number of amides is 1. The average molecular weight is 519 g/mol. The molecule has 1 atom stereocenters. The predicted octanol–water partition coefficient (Wildman–Crippen LogP) is 3.93. The highest BCUT2D eigenvalue weighted by atomic mass is 31.1. The van der Waals surface area contributed by atoms with E-state index in [0.29, 0.717) is 30.2 Å². The van der Waals surface area contributed by atoms with E-state index in [1.807, 2.05) is 11.0 Å². The summed E-state index contributed by atoms with van der Waals surface area (Å²) in [6.07, 6.45) is 3.46. The van der Waals surface area contributed by atoms with Gasteiger partial charge in [-0.25, -0.2) is 14.4 Å². The number of fused-ring (bicyclic) bond motifs is 1. The molecular weight excluding hydrogens is 488 g/mol. The molecule has 7 nitrogen and oxygen atoms in total. The Hall–Kier alpha value is -2.84. The van der Waals surface area contributed by atoms with E-state index >= 15 is 4.39 Å². The molecule has 192 valence electrons. The molecule has 1 amide bonds. The fraction of sp³-hybridized carbons (Fsp3) is 0.440. The Bertz CT molecular complexity index is 1270. The molecule has 1 saturated heterocycles. The maximum atomic E-state index is 15.2. The Labute approximate surface area is 209 Å². The smallest absolute Gasteiger partial charge is 0.288 e.